The highest BCUT2D eigenvalue weighted by molar-refractivity contribution is 5.35. The molecule has 0 spiro atoms. The molecule has 2 aromatic rings. The Labute approximate surface area is 113 Å². The maximum atomic E-state index is 5.63. The zero-order valence-electron chi connectivity index (χ0n) is 11.3. The van der Waals surface area contributed by atoms with E-state index in [1.54, 1.807) is 13.3 Å². The highest BCUT2D eigenvalue weighted by Gasteiger charge is 2.06. The fraction of sp³-hybridized carbons (Fsp3) is 0.267. The minimum Gasteiger partial charge on any atom is -0.496 e. The Bertz CT molecular complexity index is 525. The van der Waals surface area contributed by atoms with Crippen LogP contribution in [0.3, 0.4) is 0 Å². The molecule has 0 unspecified atom stereocenters. The number of pyridine rings is 1. The first-order valence-electron chi connectivity index (χ1n) is 6.20. The largest absolute Gasteiger partial charge is 0.496 e. The molecule has 1 aromatic carbocycles. The summed E-state index contributed by atoms with van der Waals surface area (Å²) < 4.78 is 5.35. The van der Waals surface area contributed by atoms with Gasteiger partial charge in [0.15, 0.2) is 0 Å². The van der Waals surface area contributed by atoms with Gasteiger partial charge in [-0.05, 0) is 25.2 Å². The van der Waals surface area contributed by atoms with E-state index < -0.39 is 0 Å². The highest BCUT2D eigenvalue weighted by Crippen LogP contribution is 2.19. The van der Waals surface area contributed by atoms with Gasteiger partial charge >= 0.3 is 0 Å². The highest BCUT2D eigenvalue weighted by atomic mass is 16.5. The van der Waals surface area contributed by atoms with Gasteiger partial charge in [-0.2, -0.15) is 0 Å². The minimum atomic E-state index is 0.691. The van der Waals surface area contributed by atoms with E-state index in [9.17, 15) is 0 Å². The summed E-state index contributed by atoms with van der Waals surface area (Å²) in [6.07, 6.45) is 1.69. The Morgan fingerprint density at radius 2 is 1.95 bits per heavy atom. The lowest BCUT2D eigenvalue weighted by atomic mass is 10.2. The van der Waals surface area contributed by atoms with Crippen molar-refractivity contribution in [3.63, 3.8) is 0 Å². The lowest BCUT2D eigenvalue weighted by Gasteiger charge is -2.18. The quantitative estimate of drug-likeness (QED) is 0.893. The number of hydrogen-bond acceptors (Lipinski definition) is 4. The molecule has 0 fully saturated rings. The molecule has 0 aliphatic heterocycles. The first-order valence-corrected chi connectivity index (χ1v) is 6.20. The van der Waals surface area contributed by atoms with E-state index in [0.29, 0.717) is 5.69 Å². The van der Waals surface area contributed by atoms with Crippen LogP contribution in [0.1, 0.15) is 11.3 Å². The molecule has 100 valence electrons. The van der Waals surface area contributed by atoms with Gasteiger partial charge in [-0.25, -0.2) is 0 Å². The molecule has 0 amide bonds. The number of aromatic nitrogens is 1. The van der Waals surface area contributed by atoms with Crippen LogP contribution in [0.5, 0.6) is 5.75 Å². The summed E-state index contributed by atoms with van der Waals surface area (Å²) in [6, 6.07) is 11.9. The maximum absolute atomic E-state index is 5.63. The van der Waals surface area contributed by atoms with Gasteiger partial charge in [0.2, 0.25) is 0 Å². The topological polar surface area (TPSA) is 51.4 Å². The van der Waals surface area contributed by atoms with Crippen LogP contribution in [-0.2, 0) is 13.1 Å². The third-order valence-electron chi connectivity index (χ3n) is 2.91. The number of nitrogen functional groups attached to an aromatic ring is 1. The Kier molecular flexibility index (Phi) is 4.36. The summed E-state index contributed by atoms with van der Waals surface area (Å²) >= 11 is 0. The van der Waals surface area contributed by atoms with E-state index >= 15 is 0 Å². The number of benzene rings is 1. The van der Waals surface area contributed by atoms with Crippen LogP contribution in [0, 0.1) is 0 Å². The van der Waals surface area contributed by atoms with Gasteiger partial charge in [0, 0.05) is 18.7 Å². The first kappa shape index (κ1) is 13.4. The van der Waals surface area contributed by atoms with Crippen LogP contribution >= 0.6 is 0 Å². The number of rotatable bonds is 5. The maximum Gasteiger partial charge on any atom is 0.123 e. The molecule has 0 bridgehead atoms. The normalized spacial score (nSPS) is 10.7. The summed E-state index contributed by atoms with van der Waals surface area (Å²) in [5, 5.41) is 0. The zero-order chi connectivity index (χ0) is 13.7. The molecule has 0 saturated carbocycles. The summed E-state index contributed by atoms with van der Waals surface area (Å²) in [6.45, 7) is 1.59. The van der Waals surface area contributed by atoms with Gasteiger partial charge in [-0.1, -0.05) is 18.2 Å². The number of nitrogens with zero attached hydrogens (tertiary/aromatic N) is 2. The monoisotopic (exact) mass is 257 g/mol. The number of nitrogens with two attached hydrogens (primary N) is 1. The molecule has 2 rings (SSSR count). The molecule has 0 atom stereocenters. The minimum absolute atomic E-state index is 0.691. The molecule has 2 N–H and O–H groups in total. The first-order chi connectivity index (χ1) is 9.19. The summed E-state index contributed by atoms with van der Waals surface area (Å²) in [7, 11) is 3.75. The van der Waals surface area contributed by atoms with Crippen molar-refractivity contribution in [3.05, 3.63) is 53.9 Å². The molecule has 1 aromatic heterocycles. The van der Waals surface area contributed by atoms with Crippen molar-refractivity contribution in [1.82, 2.24) is 9.88 Å². The molecule has 0 saturated heterocycles. The van der Waals surface area contributed by atoms with Crippen molar-refractivity contribution in [2.24, 2.45) is 0 Å². The average molecular weight is 257 g/mol. The molecule has 4 heteroatoms. The van der Waals surface area contributed by atoms with Crippen molar-refractivity contribution >= 4 is 5.69 Å². The molecular weight excluding hydrogens is 238 g/mol. The lowest BCUT2D eigenvalue weighted by Crippen LogP contribution is -2.18. The van der Waals surface area contributed by atoms with Crippen molar-refractivity contribution in [3.8, 4) is 5.75 Å². The molecule has 19 heavy (non-hydrogen) atoms. The average Bonchev–Trinajstić information content (AvgIpc) is 2.42. The zero-order valence-corrected chi connectivity index (χ0v) is 11.3. The van der Waals surface area contributed by atoms with E-state index in [1.165, 1.54) is 5.56 Å². The van der Waals surface area contributed by atoms with Crippen LogP contribution in [0.4, 0.5) is 5.69 Å². The van der Waals surface area contributed by atoms with Gasteiger partial charge in [-0.15, -0.1) is 0 Å². The molecule has 0 aliphatic carbocycles. The van der Waals surface area contributed by atoms with Gasteiger partial charge < -0.3 is 10.5 Å². The second-order valence-corrected chi connectivity index (χ2v) is 4.57. The fourth-order valence-electron chi connectivity index (χ4n) is 1.99. The van der Waals surface area contributed by atoms with Gasteiger partial charge in [-0.3, -0.25) is 9.88 Å². The summed E-state index contributed by atoms with van der Waals surface area (Å²) in [5.74, 6) is 0.916. The molecular formula is C15H19N3O. The Morgan fingerprint density at radius 3 is 2.63 bits per heavy atom. The number of anilines is 1. The van der Waals surface area contributed by atoms with Crippen LogP contribution < -0.4 is 10.5 Å². The molecule has 4 nitrogen and oxygen atoms in total. The van der Waals surface area contributed by atoms with E-state index in [-0.39, 0.29) is 0 Å². The van der Waals surface area contributed by atoms with Gasteiger partial charge in [0.25, 0.3) is 0 Å². The smallest absolute Gasteiger partial charge is 0.123 e. The van der Waals surface area contributed by atoms with Crippen molar-refractivity contribution in [2.75, 3.05) is 19.9 Å². The number of ether oxygens (including phenoxy) is 1. The Hall–Kier alpha value is -2.07. The third kappa shape index (κ3) is 3.69. The lowest BCUT2D eigenvalue weighted by molar-refractivity contribution is 0.306. The van der Waals surface area contributed by atoms with Crippen molar-refractivity contribution < 1.29 is 4.74 Å². The van der Waals surface area contributed by atoms with Crippen LogP contribution in [0.15, 0.2) is 42.6 Å². The second kappa shape index (κ2) is 6.20. The van der Waals surface area contributed by atoms with E-state index in [0.717, 1.165) is 24.5 Å². The Morgan fingerprint density at radius 1 is 1.16 bits per heavy atom. The van der Waals surface area contributed by atoms with Gasteiger partial charge in [0.1, 0.15) is 5.75 Å². The molecule has 0 aliphatic rings. The van der Waals surface area contributed by atoms with Crippen LogP contribution in [0.25, 0.3) is 0 Å². The van der Waals surface area contributed by atoms with Crippen LogP contribution in [0.2, 0.25) is 0 Å². The van der Waals surface area contributed by atoms with Crippen molar-refractivity contribution in [2.45, 2.75) is 13.1 Å². The number of methoxy groups -OCH3 is 1. The number of hydrogen-bond donors (Lipinski definition) is 1. The van der Waals surface area contributed by atoms with E-state index in [4.69, 9.17) is 10.5 Å². The summed E-state index contributed by atoms with van der Waals surface area (Å²) in [5.41, 5.74) is 8.49. The fourth-order valence-corrected chi connectivity index (χ4v) is 1.99. The number of para-hydroxylation sites is 1. The van der Waals surface area contributed by atoms with E-state index in [1.807, 2.05) is 30.3 Å². The third-order valence-corrected chi connectivity index (χ3v) is 2.91. The SMILES string of the molecule is COc1ccccc1CN(C)Cc1ccc(N)cn1. The van der Waals surface area contributed by atoms with E-state index in [2.05, 4.69) is 23.0 Å². The molecule has 1 heterocycles. The van der Waals surface area contributed by atoms with Gasteiger partial charge in [0.05, 0.1) is 24.7 Å². The standard InChI is InChI=1S/C15H19N3O/c1-18(11-14-8-7-13(16)9-17-14)10-12-5-3-4-6-15(12)19-2/h3-9H,10-11,16H2,1-2H3. The van der Waals surface area contributed by atoms with Crippen molar-refractivity contribution in [1.29, 1.82) is 0 Å². The predicted molar refractivity (Wildman–Crippen MR) is 76.8 cm³/mol. The van der Waals surface area contributed by atoms with Crippen LogP contribution in [-0.4, -0.2) is 24.0 Å². The molecule has 0 radical (unpaired) electrons. The Balaban J connectivity index is 2.01. The predicted octanol–water partition coefficient (Wildman–Crippen LogP) is 2.30. The second-order valence-electron chi connectivity index (χ2n) is 4.57. The summed E-state index contributed by atoms with van der Waals surface area (Å²) in [4.78, 5) is 6.50.